The van der Waals surface area contributed by atoms with Gasteiger partial charge in [0.2, 0.25) is 0 Å². The van der Waals surface area contributed by atoms with Crippen molar-refractivity contribution in [2.24, 2.45) is 7.05 Å². The van der Waals surface area contributed by atoms with E-state index in [1.54, 1.807) is 42.3 Å². The van der Waals surface area contributed by atoms with Crippen LogP contribution in [0.3, 0.4) is 0 Å². The van der Waals surface area contributed by atoms with Crippen molar-refractivity contribution in [3.8, 4) is 17.6 Å². The first-order valence-corrected chi connectivity index (χ1v) is 7.72. The lowest BCUT2D eigenvalue weighted by molar-refractivity contribution is 0.0903. The molecule has 8 nitrogen and oxygen atoms in total. The Bertz CT molecular complexity index is 811. The summed E-state index contributed by atoms with van der Waals surface area (Å²) in [5, 5.41) is 16.0. The van der Waals surface area contributed by atoms with Crippen LogP contribution in [0, 0.1) is 11.3 Å². The van der Waals surface area contributed by atoms with Crippen LogP contribution in [0.1, 0.15) is 15.9 Å². The third-order valence-electron chi connectivity index (χ3n) is 3.90. The molecular formula is C17H18N4O4. The minimum atomic E-state index is -0.298. The van der Waals surface area contributed by atoms with Gasteiger partial charge >= 0.3 is 0 Å². The summed E-state index contributed by atoms with van der Waals surface area (Å²) in [7, 11) is 3.26. The molecule has 0 spiro atoms. The molecule has 0 unspecified atom stereocenters. The zero-order valence-electron chi connectivity index (χ0n) is 13.9. The number of aromatic nitrogens is 2. The summed E-state index contributed by atoms with van der Waals surface area (Å²) >= 11 is 0. The fraction of sp³-hybridized carbons (Fsp3) is 0.353. The molecule has 0 radical (unpaired) electrons. The lowest BCUT2D eigenvalue weighted by Crippen LogP contribution is -2.45. The number of aryl methyl sites for hydroxylation is 1. The van der Waals surface area contributed by atoms with Gasteiger partial charge in [0.05, 0.1) is 44.3 Å². The smallest absolute Gasteiger partial charge is 0.251 e. The summed E-state index contributed by atoms with van der Waals surface area (Å²) in [6.07, 6.45) is 3.07. The van der Waals surface area contributed by atoms with Crippen molar-refractivity contribution >= 4 is 5.91 Å². The zero-order valence-corrected chi connectivity index (χ0v) is 13.9. The number of hydrogen-bond donors (Lipinski definition) is 1. The summed E-state index contributed by atoms with van der Waals surface area (Å²) in [5.41, 5.74) is 0.781. The Morgan fingerprint density at radius 2 is 2.32 bits per heavy atom. The van der Waals surface area contributed by atoms with Crippen molar-refractivity contribution in [3.05, 3.63) is 41.7 Å². The topological polar surface area (TPSA) is 98.4 Å². The molecular weight excluding hydrogens is 324 g/mol. The molecule has 2 heterocycles. The van der Waals surface area contributed by atoms with Crippen molar-refractivity contribution in [2.45, 2.75) is 12.1 Å². The van der Waals surface area contributed by atoms with Crippen LogP contribution in [-0.2, 0) is 11.8 Å². The average molecular weight is 342 g/mol. The molecule has 1 N–H and O–H groups in total. The van der Waals surface area contributed by atoms with E-state index >= 15 is 0 Å². The monoisotopic (exact) mass is 342 g/mol. The van der Waals surface area contributed by atoms with Crippen LogP contribution in [0.5, 0.6) is 11.5 Å². The average Bonchev–Trinajstić information content (AvgIpc) is 3.23. The maximum Gasteiger partial charge on any atom is 0.251 e. The fourth-order valence-corrected chi connectivity index (χ4v) is 2.60. The first kappa shape index (κ1) is 16.8. The highest BCUT2D eigenvalue weighted by Crippen LogP contribution is 2.20. The molecule has 2 aromatic rings. The van der Waals surface area contributed by atoms with E-state index in [4.69, 9.17) is 19.5 Å². The normalized spacial score (nSPS) is 19.2. The summed E-state index contributed by atoms with van der Waals surface area (Å²) in [6, 6.07) is 6.42. The minimum Gasteiger partial charge on any atom is -0.495 e. The van der Waals surface area contributed by atoms with Crippen molar-refractivity contribution in [1.29, 1.82) is 5.26 Å². The van der Waals surface area contributed by atoms with Gasteiger partial charge in [0.25, 0.3) is 5.91 Å². The van der Waals surface area contributed by atoms with Gasteiger partial charge in [0.15, 0.2) is 5.75 Å². The number of nitrogens with one attached hydrogen (secondary N) is 1. The number of rotatable bonds is 5. The number of carbonyl (C=O) groups is 1. The Balaban J connectivity index is 1.68. The van der Waals surface area contributed by atoms with Crippen molar-refractivity contribution in [1.82, 2.24) is 15.1 Å². The number of nitrogens with zero attached hydrogens (tertiary/aromatic N) is 3. The summed E-state index contributed by atoms with van der Waals surface area (Å²) in [5.74, 6) is 0.705. The van der Waals surface area contributed by atoms with E-state index in [9.17, 15) is 4.79 Å². The molecule has 1 aliphatic heterocycles. The van der Waals surface area contributed by atoms with Crippen molar-refractivity contribution in [3.63, 3.8) is 0 Å². The van der Waals surface area contributed by atoms with Crippen LogP contribution in [0.4, 0.5) is 0 Å². The van der Waals surface area contributed by atoms with E-state index in [-0.39, 0.29) is 18.1 Å². The molecule has 130 valence electrons. The van der Waals surface area contributed by atoms with Gasteiger partial charge in [0.1, 0.15) is 17.9 Å². The molecule has 1 aromatic carbocycles. The van der Waals surface area contributed by atoms with Gasteiger partial charge < -0.3 is 19.5 Å². The van der Waals surface area contributed by atoms with Gasteiger partial charge in [-0.25, -0.2) is 0 Å². The van der Waals surface area contributed by atoms with E-state index in [2.05, 4.69) is 10.4 Å². The highest BCUT2D eigenvalue weighted by atomic mass is 16.5. The predicted octanol–water partition coefficient (Wildman–Crippen LogP) is 0.877. The number of nitriles is 1. The SMILES string of the molecule is COc1cc(C(=O)N[C@H]2COC[C@H]2Oc2cnn(C)c2)ccc1C#N. The maximum atomic E-state index is 12.5. The lowest BCUT2D eigenvalue weighted by atomic mass is 10.1. The molecule has 25 heavy (non-hydrogen) atoms. The molecule has 1 aliphatic rings. The molecule has 0 saturated carbocycles. The van der Waals surface area contributed by atoms with Crippen LogP contribution in [-0.4, -0.2) is 48.2 Å². The number of amides is 1. The first-order valence-electron chi connectivity index (χ1n) is 7.72. The van der Waals surface area contributed by atoms with Gasteiger partial charge in [-0.05, 0) is 18.2 Å². The van der Waals surface area contributed by atoms with Crippen LogP contribution in [0.2, 0.25) is 0 Å². The third kappa shape index (κ3) is 3.72. The van der Waals surface area contributed by atoms with E-state index in [0.29, 0.717) is 35.8 Å². The summed E-state index contributed by atoms with van der Waals surface area (Å²) in [6.45, 7) is 0.751. The standard InChI is InChI=1S/C17H18N4O4/c1-21-8-13(7-19-21)25-16-10-24-9-14(16)20-17(22)11-3-4-12(6-18)15(5-11)23-2/h3-5,7-8,14,16H,9-10H2,1-2H3,(H,20,22)/t14-,16+/m0/s1. The Labute approximate surface area is 144 Å². The van der Waals surface area contributed by atoms with E-state index in [1.165, 1.54) is 7.11 Å². The van der Waals surface area contributed by atoms with Gasteiger partial charge in [0, 0.05) is 12.6 Å². The third-order valence-corrected chi connectivity index (χ3v) is 3.90. The molecule has 2 atom stereocenters. The number of hydrogen-bond acceptors (Lipinski definition) is 6. The van der Waals surface area contributed by atoms with Gasteiger partial charge in [-0.3, -0.25) is 9.48 Å². The van der Waals surface area contributed by atoms with Crippen LogP contribution < -0.4 is 14.8 Å². The van der Waals surface area contributed by atoms with Gasteiger partial charge in [-0.15, -0.1) is 0 Å². The van der Waals surface area contributed by atoms with Gasteiger partial charge in [-0.2, -0.15) is 10.4 Å². The molecule has 3 rings (SSSR count). The van der Waals surface area contributed by atoms with Crippen LogP contribution >= 0.6 is 0 Å². The van der Waals surface area contributed by atoms with E-state index in [1.807, 2.05) is 6.07 Å². The van der Waals surface area contributed by atoms with Crippen molar-refractivity contribution < 1.29 is 19.0 Å². The Morgan fingerprint density at radius 1 is 1.48 bits per heavy atom. The van der Waals surface area contributed by atoms with E-state index in [0.717, 1.165) is 0 Å². The molecule has 1 saturated heterocycles. The second-order valence-electron chi connectivity index (χ2n) is 5.65. The molecule has 8 heteroatoms. The second-order valence-corrected chi connectivity index (χ2v) is 5.65. The van der Waals surface area contributed by atoms with E-state index < -0.39 is 0 Å². The second kappa shape index (κ2) is 7.23. The largest absolute Gasteiger partial charge is 0.495 e. The Morgan fingerprint density at radius 3 is 3.00 bits per heavy atom. The molecule has 1 aromatic heterocycles. The van der Waals surface area contributed by atoms with Crippen LogP contribution in [0.25, 0.3) is 0 Å². The molecule has 1 fully saturated rings. The first-order chi connectivity index (χ1) is 12.1. The molecule has 1 amide bonds. The lowest BCUT2D eigenvalue weighted by Gasteiger charge is -2.19. The fourth-order valence-electron chi connectivity index (χ4n) is 2.60. The minimum absolute atomic E-state index is 0.280. The highest BCUT2D eigenvalue weighted by Gasteiger charge is 2.32. The number of ether oxygens (including phenoxy) is 3. The maximum absolute atomic E-state index is 12.5. The molecule has 0 bridgehead atoms. The van der Waals surface area contributed by atoms with Crippen LogP contribution in [0.15, 0.2) is 30.6 Å². The zero-order chi connectivity index (χ0) is 17.8. The number of benzene rings is 1. The summed E-state index contributed by atoms with van der Waals surface area (Å²) < 4.78 is 18.0. The Hall–Kier alpha value is -3.05. The predicted molar refractivity (Wildman–Crippen MR) is 87.4 cm³/mol. The van der Waals surface area contributed by atoms with Gasteiger partial charge in [-0.1, -0.05) is 0 Å². The number of carbonyl (C=O) groups excluding carboxylic acids is 1. The Kier molecular flexibility index (Phi) is 4.86. The summed E-state index contributed by atoms with van der Waals surface area (Å²) in [4.78, 5) is 12.5. The van der Waals surface area contributed by atoms with Crippen molar-refractivity contribution in [2.75, 3.05) is 20.3 Å². The number of methoxy groups -OCH3 is 1. The quantitative estimate of drug-likeness (QED) is 0.866. The molecule has 0 aliphatic carbocycles. The highest BCUT2D eigenvalue weighted by molar-refractivity contribution is 5.95.